The van der Waals surface area contributed by atoms with E-state index in [0.717, 1.165) is 30.7 Å². The zero-order valence-electron chi connectivity index (χ0n) is 8.61. The van der Waals surface area contributed by atoms with Crippen LogP contribution < -0.4 is 5.73 Å². The van der Waals surface area contributed by atoms with Gasteiger partial charge in [-0.3, -0.25) is 9.97 Å². The third-order valence-electron chi connectivity index (χ3n) is 2.10. The number of rotatable bonds is 5. The molecule has 0 aromatic carbocycles. The lowest BCUT2D eigenvalue weighted by atomic mass is 10.1. The molecule has 1 aromatic rings. The molecule has 0 saturated carbocycles. The fourth-order valence-electron chi connectivity index (χ4n) is 1.22. The number of nitrogens with zero attached hydrogens (tertiary/aromatic N) is 2. The Bertz CT molecular complexity index is 279. The van der Waals surface area contributed by atoms with Gasteiger partial charge in [0.2, 0.25) is 0 Å². The molecule has 0 spiro atoms. The van der Waals surface area contributed by atoms with Crippen molar-refractivity contribution in [3.8, 4) is 0 Å². The molecular weight excluding hydrogens is 174 g/mol. The molecule has 0 aliphatic heterocycles. The molecule has 0 radical (unpaired) electrons. The van der Waals surface area contributed by atoms with E-state index in [9.17, 15) is 0 Å². The first-order valence-corrected chi connectivity index (χ1v) is 4.89. The molecule has 1 heterocycles. The molecule has 1 aromatic heterocycles. The number of aryl methyl sites for hydroxylation is 1. The van der Waals surface area contributed by atoms with Crippen molar-refractivity contribution >= 4 is 0 Å². The molecule has 1 unspecified atom stereocenters. The second-order valence-electron chi connectivity index (χ2n) is 3.41. The van der Waals surface area contributed by atoms with Crippen molar-refractivity contribution in [2.24, 2.45) is 5.73 Å². The van der Waals surface area contributed by atoms with Crippen LogP contribution in [0.4, 0.5) is 0 Å². The highest BCUT2D eigenvalue weighted by Crippen LogP contribution is 2.13. The molecule has 0 fully saturated rings. The van der Waals surface area contributed by atoms with E-state index in [1.807, 2.05) is 13.0 Å². The van der Waals surface area contributed by atoms with E-state index in [4.69, 9.17) is 5.73 Å². The number of aromatic nitrogens is 2. The summed E-state index contributed by atoms with van der Waals surface area (Å²) in [4.78, 5) is 8.41. The Balaban J connectivity index is 2.47. The number of hydrogen-bond acceptors (Lipinski definition) is 3. The fraction of sp³-hybridized carbons (Fsp3) is 0.455. The normalized spacial score (nSPS) is 12.4. The van der Waals surface area contributed by atoms with Crippen LogP contribution in [0.15, 0.2) is 25.0 Å². The average molecular weight is 191 g/mol. The summed E-state index contributed by atoms with van der Waals surface area (Å²) >= 11 is 0. The molecule has 0 saturated heterocycles. The second-order valence-corrected chi connectivity index (χ2v) is 3.41. The van der Waals surface area contributed by atoms with Gasteiger partial charge in [-0.25, -0.2) is 0 Å². The minimum atomic E-state index is 0.00282. The maximum Gasteiger partial charge on any atom is 0.0754 e. The minimum absolute atomic E-state index is 0.00282. The number of unbranched alkanes of at least 4 members (excludes halogenated alkanes) is 1. The Morgan fingerprint density at radius 2 is 2.29 bits per heavy atom. The summed E-state index contributed by atoms with van der Waals surface area (Å²) < 4.78 is 0. The highest BCUT2D eigenvalue weighted by Gasteiger charge is 2.06. The first kappa shape index (κ1) is 10.9. The smallest absolute Gasteiger partial charge is 0.0754 e. The van der Waals surface area contributed by atoms with Crippen molar-refractivity contribution in [3.63, 3.8) is 0 Å². The molecule has 0 amide bonds. The summed E-state index contributed by atoms with van der Waals surface area (Å²) in [6.45, 7) is 5.59. The Labute approximate surface area is 85.1 Å². The molecule has 1 rings (SSSR count). The third-order valence-corrected chi connectivity index (χ3v) is 2.10. The maximum absolute atomic E-state index is 5.95. The van der Waals surface area contributed by atoms with Gasteiger partial charge in [-0.1, -0.05) is 6.08 Å². The highest BCUT2D eigenvalue weighted by atomic mass is 14.8. The van der Waals surface area contributed by atoms with E-state index >= 15 is 0 Å². The van der Waals surface area contributed by atoms with E-state index < -0.39 is 0 Å². The van der Waals surface area contributed by atoms with Gasteiger partial charge in [-0.2, -0.15) is 0 Å². The van der Waals surface area contributed by atoms with Crippen LogP contribution in [0, 0.1) is 6.92 Å². The van der Waals surface area contributed by atoms with Crippen LogP contribution in [0.1, 0.15) is 36.7 Å². The molecule has 0 aliphatic rings. The molecule has 76 valence electrons. The van der Waals surface area contributed by atoms with Gasteiger partial charge in [-0.05, 0) is 26.2 Å². The van der Waals surface area contributed by atoms with Crippen molar-refractivity contribution < 1.29 is 0 Å². The summed E-state index contributed by atoms with van der Waals surface area (Å²) in [5.41, 5.74) is 7.75. The van der Waals surface area contributed by atoms with Crippen LogP contribution >= 0.6 is 0 Å². The van der Waals surface area contributed by atoms with E-state index in [1.165, 1.54) is 0 Å². The Morgan fingerprint density at radius 3 is 2.86 bits per heavy atom. The van der Waals surface area contributed by atoms with Gasteiger partial charge in [0, 0.05) is 12.2 Å². The predicted octanol–water partition coefficient (Wildman–Crippen LogP) is 2.14. The summed E-state index contributed by atoms with van der Waals surface area (Å²) in [6, 6.07) is 0.00282. The summed E-state index contributed by atoms with van der Waals surface area (Å²) in [6.07, 6.45) is 8.42. The standard InChI is InChI=1S/C11H17N3/c1-3-4-5-6-10(12)11-8-13-9(2)7-14-11/h3,7-8,10H,1,4-6,12H2,2H3. The largest absolute Gasteiger partial charge is 0.323 e. The fourth-order valence-corrected chi connectivity index (χ4v) is 1.22. The van der Waals surface area contributed by atoms with Gasteiger partial charge in [-0.15, -0.1) is 6.58 Å². The second kappa shape index (κ2) is 5.50. The Morgan fingerprint density at radius 1 is 1.50 bits per heavy atom. The molecule has 3 heteroatoms. The van der Waals surface area contributed by atoms with Crippen LogP contribution in [-0.4, -0.2) is 9.97 Å². The summed E-state index contributed by atoms with van der Waals surface area (Å²) in [7, 11) is 0. The third kappa shape index (κ3) is 3.26. The van der Waals surface area contributed by atoms with Crippen molar-refractivity contribution in [2.75, 3.05) is 0 Å². The molecular formula is C11H17N3. The number of hydrogen-bond donors (Lipinski definition) is 1. The van der Waals surface area contributed by atoms with Gasteiger partial charge in [0.25, 0.3) is 0 Å². The Hall–Kier alpha value is -1.22. The van der Waals surface area contributed by atoms with E-state index in [0.29, 0.717) is 0 Å². The topological polar surface area (TPSA) is 51.8 Å². The van der Waals surface area contributed by atoms with Crippen LogP contribution in [0.5, 0.6) is 0 Å². The molecule has 2 N–H and O–H groups in total. The molecule has 14 heavy (non-hydrogen) atoms. The van der Waals surface area contributed by atoms with E-state index in [2.05, 4.69) is 16.5 Å². The van der Waals surface area contributed by atoms with Gasteiger partial charge in [0.1, 0.15) is 0 Å². The lowest BCUT2D eigenvalue weighted by Crippen LogP contribution is -2.12. The first-order chi connectivity index (χ1) is 6.74. The van der Waals surface area contributed by atoms with Gasteiger partial charge in [0.05, 0.1) is 17.6 Å². The predicted molar refractivity (Wildman–Crippen MR) is 57.7 cm³/mol. The van der Waals surface area contributed by atoms with Crippen molar-refractivity contribution in [1.29, 1.82) is 0 Å². The summed E-state index contributed by atoms with van der Waals surface area (Å²) in [5.74, 6) is 0. The van der Waals surface area contributed by atoms with Crippen LogP contribution in [-0.2, 0) is 0 Å². The monoisotopic (exact) mass is 191 g/mol. The quantitative estimate of drug-likeness (QED) is 0.573. The summed E-state index contributed by atoms with van der Waals surface area (Å²) in [5, 5.41) is 0. The van der Waals surface area contributed by atoms with Crippen LogP contribution in [0.25, 0.3) is 0 Å². The van der Waals surface area contributed by atoms with Crippen LogP contribution in [0.3, 0.4) is 0 Å². The van der Waals surface area contributed by atoms with Crippen molar-refractivity contribution in [1.82, 2.24) is 9.97 Å². The van der Waals surface area contributed by atoms with Gasteiger partial charge < -0.3 is 5.73 Å². The lowest BCUT2D eigenvalue weighted by molar-refractivity contribution is 0.599. The Kier molecular flexibility index (Phi) is 4.26. The van der Waals surface area contributed by atoms with Crippen LogP contribution in [0.2, 0.25) is 0 Å². The van der Waals surface area contributed by atoms with E-state index in [1.54, 1.807) is 12.4 Å². The zero-order chi connectivity index (χ0) is 10.4. The molecule has 3 nitrogen and oxygen atoms in total. The van der Waals surface area contributed by atoms with Crippen molar-refractivity contribution in [2.45, 2.75) is 32.2 Å². The van der Waals surface area contributed by atoms with Gasteiger partial charge >= 0.3 is 0 Å². The van der Waals surface area contributed by atoms with Gasteiger partial charge in [0.15, 0.2) is 0 Å². The van der Waals surface area contributed by atoms with E-state index in [-0.39, 0.29) is 6.04 Å². The van der Waals surface area contributed by atoms with Crippen molar-refractivity contribution in [3.05, 3.63) is 36.4 Å². The first-order valence-electron chi connectivity index (χ1n) is 4.89. The lowest BCUT2D eigenvalue weighted by Gasteiger charge is -2.09. The molecule has 0 aliphatic carbocycles. The highest BCUT2D eigenvalue weighted by molar-refractivity contribution is 5.04. The maximum atomic E-state index is 5.95. The SMILES string of the molecule is C=CCCCC(N)c1cnc(C)cn1. The minimum Gasteiger partial charge on any atom is -0.323 e. The number of nitrogens with two attached hydrogens (primary N) is 1. The average Bonchev–Trinajstić information content (AvgIpc) is 2.19. The number of allylic oxidation sites excluding steroid dienone is 1. The molecule has 1 atom stereocenters. The zero-order valence-corrected chi connectivity index (χ0v) is 8.61. The molecule has 0 bridgehead atoms.